The Morgan fingerprint density at radius 2 is 0.912 bits per heavy atom. The molecule has 9 heteroatoms. The van der Waals surface area contributed by atoms with Crippen molar-refractivity contribution in [3.63, 3.8) is 0 Å². The Labute approximate surface area is 347 Å². The molecule has 0 aromatic rings. The quantitative estimate of drug-likeness (QED) is 0.0214. The molecule has 0 saturated heterocycles. The van der Waals surface area contributed by atoms with E-state index in [1.54, 1.807) is 0 Å². The molecule has 2 N–H and O–H groups in total. The summed E-state index contributed by atoms with van der Waals surface area (Å²) in [6.45, 7) is 1.95. The van der Waals surface area contributed by atoms with Crippen LogP contribution >= 0.6 is 7.82 Å². The van der Waals surface area contributed by atoms with Gasteiger partial charge in [0.15, 0.2) is 0 Å². The average Bonchev–Trinajstić information content (AvgIpc) is 3.17. The van der Waals surface area contributed by atoms with E-state index in [-0.39, 0.29) is 19.6 Å². The standard InChI is InChI=1S/C48H76NO7P/c1-5-6-7-8-9-10-11-12-13-14-15-16-17-18-19-20-21-22-23-24-25-26-27-28-29-30-31-32-33-34-35-36-37-38-39-40-41-42-48(51)54-45-47(50)46-56-57(52,53)55-44-43-49(2,3)4/h6-7,9-10,12-13,15-16,18-19,21-22,24-25,27-28,30-31,33-34,36-37,47,50H,5,8,11,14,17,20,23,26,29,32,35,38-46H2,1-4H3/p+1/b7-6-,10-9-,13-12-,16-15-,19-18-,22-21-,25-24-,28-27-,31-30-,34-33-,37-36-. The topological polar surface area (TPSA) is 102 Å². The number of rotatable bonds is 36. The maximum absolute atomic E-state index is 11.9. The second kappa shape index (κ2) is 39.5. The number of hydrogen-bond acceptors (Lipinski definition) is 6. The number of ether oxygens (including phenoxy) is 1. The van der Waals surface area contributed by atoms with Gasteiger partial charge < -0.3 is 19.2 Å². The number of phosphoric ester groups is 1. The Kier molecular flexibility index (Phi) is 37.1. The first kappa shape index (κ1) is 53.6. The molecular formula is C48H77NO7P+. The lowest BCUT2D eigenvalue weighted by Gasteiger charge is -2.24. The van der Waals surface area contributed by atoms with Crippen molar-refractivity contribution in [1.82, 2.24) is 0 Å². The Balaban J connectivity index is 3.70. The monoisotopic (exact) mass is 811 g/mol. The minimum absolute atomic E-state index is 0.0410. The van der Waals surface area contributed by atoms with Crippen LogP contribution in [0.25, 0.3) is 0 Å². The molecule has 0 heterocycles. The Morgan fingerprint density at radius 1 is 0.544 bits per heavy atom. The fourth-order valence-corrected chi connectivity index (χ4v) is 5.41. The molecule has 0 aromatic heterocycles. The summed E-state index contributed by atoms with van der Waals surface area (Å²) in [5, 5.41) is 9.90. The zero-order valence-electron chi connectivity index (χ0n) is 35.8. The van der Waals surface area contributed by atoms with E-state index in [1.807, 2.05) is 21.1 Å². The summed E-state index contributed by atoms with van der Waals surface area (Å²) in [5.74, 6) is -0.410. The molecule has 0 saturated carbocycles. The third kappa shape index (κ3) is 45.2. The van der Waals surface area contributed by atoms with Crippen LogP contribution in [0.2, 0.25) is 0 Å². The highest BCUT2D eigenvalue weighted by molar-refractivity contribution is 7.47. The van der Waals surface area contributed by atoms with Crippen molar-refractivity contribution in [3.05, 3.63) is 134 Å². The van der Waals surface area contributed by atoms with E-state index in [4.69, 9.17) is 13.8 Å². The molecule has 0 spiro atoms. The molecule has 320 valence electrons. The Morgan fingerprint density at radius 3 is 1.28 bits per heavy atom. The van der Waals surface area contributed by atoms with Gasteiger partial charge in [-0.1, -0.05) is 147 Å². The summed E-state index contributed by atoms with van der Waals surface area (Å²) in [6, 6.07) is 0. The van der Waals surface area contributed by atoms with Gasteiger partial charge in [-0.15, -0.1) is 0 Å². The number of aliphatic hydroxyl groups is 1. The lowest BCUT2D eigenvalue weighted by Crippen LogP contribution is -2.37. The highest BCUT2D eigenvalue weighted by Gasteiger charge is 2.24. The maximum Gasteiger partial charge on any atom is 0.472 e. The fraction of sp³-hybridized carbons (Fsp3) is 0.521. The van der Waals surface area contributed by atoms with Gasteiger partial charge in [0, 0.05) is 6.42 Å². The van der Waals surface area contributed by atoms with Crippen molar-refractivity contribution in [2.45, 2.75) is 116 Å². The van der Waals surface area contributed by atoms with Gasteiger partial charge in [-0.05, 0) is 89.9 Å². The molecule has 0 aliphatic carbocycles. The first-order chi connectivity index (χ1) is 27.6. The van der Waals surface area contributed by atoms with Gasteiger partial charge in [0.05, 0.1) is 27.7 Å². The van der Waals surface area contributed by atoms with Crippen LogP contribution in [0.5, 0.6) is 0 Å². The van der Waals surface area contributed by atoms with Gasteiger partial charge in [0.25, 0.3) is 0 Å². The van der Waals surface area contributed by atoms with E-state index >= 15 is 0 Å². The number of phosphoric acid groups is 1. The van der Waals surface area contributed by atoms with Crippen LogP contribution < -0.4 is 0 Å². The third-order valence-corrected chi connectivity index (χ3v) is 8.91. The largest absolute Gasteiger partial charge is 0.472 e. The van der Waals surface area contributed by atoms with Gasteiger partial charge in [0.1, 0.15) is 25.9 Å². The number of unbranched alkanes of at least 4 members (excludes halogenated alkanes) is 3. The Bertz CT molecular complexity index is 1360. The predicted octanol–water partition coefficient (Wildman–Crippen LogP) is 12.1. The Hall–Kier alpha value is -3.36. The minimum atomic E-state index is -4.27. The molecule has 0 aromatic carbocycles. The summed E-state index contributed by atoms with van der Waals surface area (Å²) in [6.07, 6.45) is 62.1. The van der Waals surface area contributed by atoms with Crippen molar-refractivity contribution in [3.8, 4) is 0 Å². The number of nitrogens with zero attached hydrogens (tertiary/aromatic N) is 1. The summed E-state index contributed by atoms with van der Waals surface area (Å²) < 4.78 is 27.2. The number of quaternary nitrogens is 1. The van der Waals surface area contributed by atoms with Gasteiger partial charge in [-0.25, -0.2) is 4.57 Å². The molecule has 8 nitrogen and oxygen atoms in total. The first-order valence-electron chi connectivity index (χ1n) is 21.0. The summed E-state index contributed by atoms with van der Waals surface area (Å²) in [5.41, 5.74) is 0. The number of carbonyl (C=O) groups is 1. The maximum atomic E-state index is 11.9. The summed E-state index contributed by atoms with van der Waals surface area (Å²) >= 11 is 0. The number of allylic oxidation sites excluding steroid dienone is 22. The number of hydrogen-bond donors (Lipinski definition) is 2. The van der Waals surface area contributed by atoms with Gasteiger partial charge in [0.2, 0.25) is 0 Å². The molecule has 57 heavy (non-hydrogen) atoms. The first-order valence-corrected chi connectivity index (χ1v) is 22.5. The van der Waals surface area contributed by atoms with Crippen LogP contribution in [0, 0.1) is 0 Å². The molecule has 0 aliphatic heterocycles. The third-order valence-electron chi connectivity index (χ3n) is 7.93. The van der Waals surface area contributed by atoms with E-state index in [9.17, 15) is 19.4 Å². The van der Waals surface area contributed by atoms with Crippen LogP contribution in [0.15, 0.2) is 134 Å². The summed E-state index contributed by atoms with van der Waals surface area (Å²) in [7, 11) is 1.52. The van der Waals surface area contributed by atoms with Crippen LogP contribution in [0.4, 0.5) is 0 Å². The van der Waals surface area contributed by atoms with Crippen molar-refractivity contribution >= 4 is 13.8 Å². The number of aliphatic hydroxyl groups excluding tert-OH is 1. The van der Waals surface area contributed by atoms with Crippen molar-refractivity contribution in [2.75, 3.05) is 47.5 Å². The van der Waals surface area contributed by atoms with Gasteiger partial charge in [-0.3, -0.25) is 13.8 Å². The average molecular weight is 811 g/mol. The number of carbonyl (C=O) groups excluding carboxylic acids is 1. The predicted molar refractivity (Wildman–Crippen MR) is 242 cm³/mol. The molecule has 0 fully saturated rings. The van der Waals surface area contributed by atoms with E-state index in [1.165, 1.54) is 0 Å². The van der Waals surface area contributed by atoms with Gasteiger partial charge in [-0.2, -0.15) is 0 Å². The normalized spacial score (nSPS) is 15.1. The van der Waals surface area contributed by atoms with E-state index in [2.05, 4.69) is 141 Å². The molecule has 2 unspecified atom stereocenters. The van der Waals surface area contributed by atoms with Crippen molar-refractivity contribution in [2.24, 2.45) is 0 Å². The molecule has 2 atom stereocenters. The van der Waals surface area contributed by atoms with Crippen molar-refractivity contribution < 1.29 is 37.6 Å². The molecule has 0 amide bonds. The fourth-order valence-electron chi connectivity index (χ4n) is 4.66. The second-order valence-corrected chi connectivity index (χ2v) is 16.0. The molecule has 0 rings (SSSR count). The zero-order chi connectivity index (χ0) is 42.0. The van der Waals surface area contributed by atoms with Crippen LogP contribution in [0.1, 0.15) is 110 Å². The second-order valence-electron chi connectivity index (χ2n) is 14.5. The lowest BCUT2D eigenvalue weighted by molar-refractivity contribution is -0.870. The number of esters is 1. The molecule has 0 radical (unpaired) electrons. The van der Waals surface area contributed by atoms with E-state index in [0.29, 0.717) is 17.4 Å². The molecular weight excluding hydrogens is 734 g/mol. The smallest absolute Gasteiger partial charge is 0.463 e. The lowest BCUT2D eigenvalue weighted by atomic mass is 10.1. The van der Waals surface area contributed by atoms with E-state index in [0.717, 1.165) is 89.9 Å². The molecule has 0 bridgehead atoms. The van der Waals surface area contributed by atoms with Crippen LogP contribution in [-0.4, -0.2) is 74.1 Å². The SMILES string of the molecule is CC/C=C\C/C=C\C/C=C\C/C=C\C/C=C\C/C=C\C/C=C\C/C=C\C/C=C\C/C=C\C/C=C\CCCCCC(=O)OCC(O)COP(=O)(O)OCC[N+](C)(C)C. The van der Waals surface area contributed by atoms with Gasteiger partial charge >= 0.3 is 13.8 Å². The highest BCUT2D eigenvalue weighted by atomic mass is 31.2. The minimum Gasteiger partial charge on any atom is -0.463 e. The van der Waals surface area contributed by atoms with Crippen LogP contribution in [0.3, 0.4) is 0 Å². The molecule has 0 aliphatic rings. The zero-order valence-corrected chi connectivity index (χ0v) is 36.6. The number of likely N-dealkylation sites (N-methyl/N-ethyl adjacent to an activating group) is 1. The van der Waals surface area contributed by atoms with Crippen molar-refractivity contribution in [1.29, 1.82) is 0 Å². The van der Waals surface area contributed by atoms with E-state index < -0.39 is 26.5 Å². The highest BCUT2D eigenvalue weighted by Crippen LogP contribution is 2.43. The van der Waals surface area contributed by atoms with Crippen LogP contribution in [-0.2, 0) is 23.1 Å². The summed E-state index contributed by atoms with van der Waals surface area (Å²) in [4.78, 5) is 21.6.